The van der Waals surface area contributed by atoms with Crippen molar-refractivity contribution in [3.8, 4) is 0 Å². The van der Waals surface area contributed by atoms with E-state index in [0.717, 1.165) is 37.5 Å². The summed E-state index contributed by atoms with van der Waals surface area (Å²) in [6, 6.07) is 0. The van der Waals surface area contributed by atoms with Gasteiger partial charge >= 0.3 is 0 Å². The van der Waals surface area contributed by atoms with Crippen molar-refractivity contribution in [3.63, 3.8) is 0 Å². The first-order chi connectivity index (χ1) is 8.24. The smallest absolute Gasteiger partial charge is 0.240 e. The number of amides is 1. The second-order valence-electron chi connectivity index (χ2n) is 4.20. The summed E-state index contributed by atoms with van der Waals surface area (Å²) in [6.07, 6.45) is 2.87. The molecule has 0 unspecified atom stereocenters. The highest BCUT2D eigenvalue weighted by Crippen LogP contribution is 2.16. The molecule has 0 radical (unpaired) electrons. The predicted octanol–water partition coefficient (Wildman–Crippen LogP) is 0.685. The van der Waals surface area contributed by atoms with Crippen molar-refractivity contribution in [2.24, 2.45) is 0 Å². The molecule has 1 fully saturated rings. The van der Waals surface area contributed by atoms with E-state index in [-0.39, 0.29) is 5.91 Å². The Kier molecular flexibility index (Phi) is 4.47. The SMILES string of the molecule is Cc1cnc(NC(=O)CN2CCCNCC2)s1. The van der Waals surface area contributed by atoms with Gasteiger partial charge in [0.1, 0.15) is 0 Å². The highest BCUT2D eigenvalue weighted by Gasteiger charge is 2.13. The zero-order valence-corrected chi connectivity index (χ0v) is 10.8. The Hall–Kier alpha value is -0.980. The number of carbonyl (C=O) groups is 1. The van der Waals surface area contributed by atoms with Crippen molar-refractivity contribution in [1.29, 1.82) is 0 Å². The van der Waals surface area contributed by atoms with Crippen LogP contribution in [0.25, 0.3) is 0 Å². The molecule has 2 rings (SSSR count). The number of aryl methyl sites for hydroxylation is 1. The second-order valence-corrected chi connectivity index (χ2v) is 5.44. The van der Waals surface area contributed by atoms with Crippen LogP contribution in [0.3, 0.4) is 0 Å². The third-order valence-electron chi connectivity index (χ3n) is 2.67. The summed E-state index contributed by atoms with van der Waals surface area (Å²) in [6.45, 7) is 6.36. The number of hydrogen-bond acceptors (Lipinski definition) is 5. The molecule has 94 valence electrons. The second kappa shape index (κ2) is 6.09. The van der Waals surface area contributed by atoms with Gasteiger partial charge < -0.3 is 10.6 Å². The summed E-state index contributed by atoms with van der Waals surface area (Å²) < 4.78 is 0. The average Bonchev–Trinajstić information content (AvgIpc) is 2.53. The zero-order valence-electron chi connectivity index (χ0n) is 10.0. The van der Waals surface area contributed by atoms with E-state index >= 15 is 0 Å². The lowest BCUT2D eigenvalue weighted by molar-refractivity contribution is -0.117. The summed E-state index contributed by atoms with van der Waals surface area (Å²) in [7, 11) is 0. The van der Waals surface area contributed by atoms with Crippen molar-refractivity contribution in [3.05, 3.63) is 11.1 Å². The fraction of sp³-hybridized carbons (Fsp3) is 0.636. The molecule has 1 saturated heterocycles. The highest BCUT2D eigenvalue weighted by atomic mass is 32.1. The van der Waals surface area contributed by atoms with Gasteiger partial charge in [-0.1, -0.05) is 0 Å². The van der Waals surface area contributed by atoms with E-state index in [1.165, 1.54) is 11.3 Å². The number of nitrogens with zero attached hydrogens (tertiary/aromatic N) is 2. The Morgan fingerprint density at radius 2 is 2.47 bits per heavy atom. The molecule has 1 aromatic heterocycles. The molecule has 0 aliphatic carbocycles. The van der Waals surface area contributed by atoms with Crippen LogP contribution in [0, 0.1) is 6.92 Å². The van der Waals surface area contributed by atoms with Crippen molar-refractivity contribution in [2.75, 3.05) is 38.0 Å². The van der Waals surface area contributed by atoms with E-state index in [9.17, 15) is 4.79 Å². The molecule has 6 heteroatoms. The van der Waals surface area contributed by atoms with Crippen LogP contribution in [0.1, 0.15) is 11.3 Å². The Bertz CT molecular complexity index is 371. The standard InChI is InChI=1S/C11H18N4OS/c1-9-7-13-11(17-9)14-10(16)8-15-5-2-3-12-4-6-15/h7,12H,2-6,8H2,1H3,(H,13,14,16). The van der Waals surface area contributed by atoms with Gasteiger partial charge in [-0.2, -0.15) is 0 Å². The maximum atomic E-state index is 11.8. The third kappa shape index (κ3) is 4.07. The number of anilines is 1. The maximum Gasteiger partial charge on any atom is 0.240 e. The van der Waals surface area contributed by atoms with Gasteiger partial charge in [-0.05, 0) is 26.4 Å². The van der Waals surface area contributed by atoms with E-state index in [2.05, 4.69) is 20.5 Å². The molecule has 5 nitrogen and oxygen atoms in total. The summed E-state index contributed by atoms with van der Waals surface area (Å²) in [5.74, 6) is 0.0289. The molecule has 0 aromatic carbocycles. The Morgan fingerprint density at radius 1 is 1.59 bits per heavy atom. The zero-order chi connectivity index (χ0) is 12.1. The van der Waals surface area contributed by atoms with Gasteiger partial charge in [-0.3, -0.25) is 9.69 Å². The van der Waals surface area contributed by atoms with Gasteiger partial charge in [-0.15, -0.1) is 11.3 Å². The molecule has 17 heavy (non-hydrogen) atoms. The first-order valence-electron chi connectivity index (χ1n) is 5.89. The van der Waals surface area contributed by atoms with Crippen molar-refractivity contribution >= 4 is 22.4 Å². The van der Waals surface area contributed by atoms with Gasteiger partial charge in [0.15, 0.2) is 5.13 Å². The fourth-order valence-corrected chi connectivity index (χ4v) is 2.51. The van der Waals surface area contributed by atoms with Gasteiger partial charge in [-0.25, -0.2) is 4.98 Å². The normalized spacial score (nSPS) is 17.7. The van der Waals surface area contributed by atoms with Crippen LogP contribution in [0.2, 0.25) is 0 Å². The van der Waals surface area contributed by atoms with Crippen LogP contribution in [0.5, 0.6) is 0 Å². The fourth-order valence-electron chi connectivity index (χ4n) is 1.83. The van der Waals surface area contributed by atoms with Crippen LogP contribution in [-0.4, -0.2) is 48.5 Å². The minimum atomic E-state index is 0.0289. The number of carbonyl (C=O) groups excluding carboxylic acids is 1. The van der Waals surface area contributed by atoms with Crippen LogP contribution < -0.4 is 10.6 Å². The minimum Gasteiger partial charge on any atom is -0.315 e. The molecule has 2 heterocycles. The quantitative estimate of drug-likeness (QED) is 0.833. The first-order valence-corrected chi connectivity index (χ1v) is 6.71. The number of aromatic nitrogens is 1. The van der Waals surface area contributed by atoms with E-state index in [1.54, 1.807) is 6.20 Å². The average molecular weight is 254 g/mol. The lowest BCUT2D eigenvalue weighted by atomic mass is 10.4. The van der Waals surface area contributed by atoms with Crippen LogP contribution in [-0.2, 0) is 4.79 Å². The van der Waals surface area contributed by atoms with Crippen LogP contribution in [0.15, 0.2) is 6.20 Å². The number of thiazole rings is 1. The van der Waals surface area contributed by atoms with E-state index in [1.807, 2.05) is 6.92 Å². The monoisotopic (exact) mass is 254 g/mol. The molecule has 0 atom stereocenters. The van der Waals surface area contributed by atoms with Gasteiger partial charge in [0, 0.05) is 24.2 Å². The summed E-state index contributed by atoms with van der Waals surface area (Å²) in [4.78, 5) is 19.2. The van der Waals surface area contributed by atoms with Gasteiger partial charge in [0.2, 0.25) is 5.91 Å². The summed E-state index contributed by atoms with van der Waals surface area (Å²) in [5, 5.41) is 6.85. The molecule has 1 aromatic rings. The molecular weight excluding hydrogens is 236 g/mol. The van der Waals surface area contributed by atoms with E-state index < -0.39 is 0 Å². The summed E-state index contributed by atoms with van der Waals surface area (Å²) in [5.41, 5.74) is 0. The predicted molar refractivity (Wildman–Crippen MR) is 69.4 cm³/mol. The Balaban J connectivity index is 1.80. The van der Waals surface area contributed by atoms with E-state index in [0.29, 0.717) is 11.7 Å². The van der Waals surface area contributed by atoms with Crippen molar-refractivity contribution < 1.29 is 4.79 Å². The molecule has 0 saturated carbocycles. The van der Waals surface area contributed by atoms with Gasteiger partial charge in [0.25, 0.3) is 0 Å². The molecule has 2 N–H and O–H groups in total. The van der Waals surface area contributed by atoms with Gasteiger partial charge in [0.05, 0.1) is 6.54 Å². The lowest BCUT2D eigenvalue weighted by Crippen LogP contribution is -2.35. The number of nitrogens with one attached hydrogen (secondary N) is 2. The molecule has 1 amide bonds. The molecule has 1 aliphatic rings. The van der Waals surface area contributed by atoms with Crippen molar-refractivity contribution in [2.45, 2.75) is 13.3 Å². The third-order valence-corrected chi connectivity index (χ3v) is 3.50. The largest absolute Gasteiger partial charge is 0.315 e. The van der Waals surface area contributed by atoms with Crippen LogP contribution in [0.4, 0.5) is 5.13 Å². The van der Waals surface area contributed by atoms with E-state index in [4.69, 9.17) is 0 Å². The number of rotatable bonds is 3. The topological polar surface area (TPSA) is 57.3 Å². The number of hydrogen-bond donors (Lipinski definition) is 2. The lowest BCUT2D eigenvalue weighted by Gasteiger charge is -2.17. The summed E-state index contributed by atoms with van der Waals surface area (Å²) >= 11 is 1.51. The molecule has 1 aliphatic heterocycles. The minimum absolute atomic E-state index is 0.0289. The Labute approximate surface area is 105 Å². The van der Waals surface area contributed by atoms with Crippen LogP contribution >= 0.6 is 11.3 Å². The maximum absolute atomic E-state index is 11.8. The molecule has 0 bridgehead atoms. The highest BCUT2D eigenvalue weighted by molar-refractivity contribution is 7.15. The Morgan fingerprint density at radius 3 is 3.24 bits per heavy atom. The molecule has 0 spiro atoms. The van der Waals surface area contributed by atoms with Crippen molar-refractivity contribution in [1.82, 2.24) is 15.2 Å². The first kappa shape index (κ1) is 12.5. The molecular formula is C11H18N4OS.